The van der Waals surface area contributed by atoms with Crippen LogP contribution in [0.5, 0.6) is 0 Å². The smallest absolute Gasteiger partial charge is 0.251 e. The quantitative estimate of drug-likeness (QED) is 0.369. The molecule has 2 bridgehead atoms. The molecule has 3 saturated carbocycles. The topological polar surface area (TPSA) is 122 Å². The molecule has 0 spiro atoms. The third kappa shape index (κ3) is 6.58. The van der Waals surface area contributed by atoms with Crippen molar-refractivity contribution in [3.63, 3.8) is 0 Å². The molecule has 2 aromatic rings. The molecule has 0 aromatic heterocycles. The van der Waals surface area contributed by atoms with E-state index in [1.807, 2.05) is 24.3 Å². The van der Waals surface area contributed by atoms with E-state index in [1.165, 1.54) is 12.8 Å². The van der Waals surface area contributed by atoms with Crippen LogP contribution >= 0.6 is 0 Å². The van der Waals surface area contributed by atoms with Gasteiger partial charge in [0.2, 0.25) is 5.91 Å². The summed E-state index contributed by atoms with van der Waals surface area (Å²) < 4.78 is 0. The van der Waals surface area contributed by atoms with Gasteiger partial charge in [0.1, 0.15) is 12.6 Å². The van der Waals surface area contributed by atoms with Crippen molar-refractivity contribution in [2.45, 2.75) is 52.5 Å². The van der Waals surface area contributed by atoms with Gasteiger partial charge in [-0.25, -0.2) is 0 Å². The third-order valence-electron chi connectivity index (χ3n) is 9.01. The first-order valence-corrected chi connectivity index (χ1v) is 13.8. The van der Waals surface area contributed by atoms with E-state index in [0.717, 1.165) is 35.1 Å². The van der Waals surface area contributed by atoms with E-state index in [-0.39, 0.29) is 12.5 Å². The summed E-state index contributed by atoms with van der Waals surface area (Å²) >= 11 is 0. The Morgan fingerprint density at radius 3 is 2.18 bits per heavy atom. The number of Topliss-reactive ketones (excluding diaryl/α,β-unsaturated/α-hetero) is 1. The van der Waals surface area contributed by atoms with E-state index in [9.17, 15) is 14.4 Å². The fourth-order valence-electron chi connectivity index (χ4n) is 6.29. The highest BCUT2D eigenvalue weighted by Crippen LogP contribution is 2.63. The number of aliphatic hydroxyl groups is 1. The number of ketones is 1. The van der Waals surface area contributed by atoms with Crippen LogP contribution in [-0.2, 0) is 9.59 Å². The van der Waals surface area contributed by atoms with Gasteiger partial charge in [0.25, 0.3) is 5.91 Å². The summed E-state index contributed by atoms with van der Waals surface area (Å²) in [4.78, 5) is 36.5. The molecule has 3 aliphatic rings. The predicted molar refractivity (Wildman–Crippen MR) is 152 cm³/mol. The molecule has 7 nitrogen and oxygen atoms in total. The summed E-state index contributed by atoms with van der Waals surface area (Å²) in [5.74, 6) is 8.18. The van der Waals surface area contributed by atoms with Crippen LogP contribution in [0.4, 0.5) is 5.69 Å². The molecule has 5 atom stereocenters. The molecule has 0 radical (unpaired) electrons. The van der Waals surface area contributed by atoms with Gasteiger partial charge in [-0.1, -0.05) is 32.6 Å². The first-order chi connectivity index (χ1) is 18.6. The lowest BCUT2D eigenvalue weighted by Crippen LogP contribution is -2.54. The van der Waals surface area contributed by atoms with Crippen LogP contribution in [0, 0.1) is 40.9 Å². The highest BCUT2D eigenvalue weighted by molar-refractivity contribution is 5.98. The minimum atomic E-state index is -0.923. The second-order valence-electron chi connectivity index (χ2n) is 11.6. The lowest BCUT2D eigenvalue weighted by Gasteiger charge is -2.62. The number of rotatable bonds is 9. The van der Waals surface area contributed by atoms with E-state index in [1.54, 1.807) is 24.3 Å². The first-order valence-electron chi connectivity index (χ1n) is 13.8. The van der Waals surface area contributed by atoms with Crippen molar-refractivity contribution in [2.75, 3.05) is 18.5 Å². The highest BCUT2D eigenvalue weighted by atomic mass is 16.3. The second kappa shape index (κ2) is 12.1. The Morgan fingerprint density at radius 1 is 1.03 bits per heavy atom. The van der Waals surface area contributed by atoms with Crippen LogP contribution in [0.1, 0.15) is 67.9 Å². The van der Waals surface area contributed by atoms with E-state index in [4.69, 9.17) is 10.8 Å². The number of hydrogen-bond acceptors (Lipinski definition) is 5. The average Bonchev–Trinajstić information content (AvgIpc) is 2.94. The molecule has 2 amide bonds. The average molecular weight is 530 g/mol. The van der Waals surface area contributed by atoms with Gasteiger partial charge in [0, 0.05) is 35.3 Å². The highest BCUT2D eigenvalue weighted by Gasteiger charge is 2.55. The van der Waals surface area contributed by atoms with Crippen LogP contribution in [0.3, 0.4) is 0 Å². The number of anilines is 1. The van der Waals surface area contributed by atoms with Crippen LogP contribution in [-0.4, -0.2) is 41.9 Å². The molecular weight excluding hydrogens is 490 g/mol. The minimum absolute atomic E-state index is 0.0576. The molecule has 39 heavy (non-hydrogen) atoms. The summed E-state index contributed by atoms with van der Waals surface area (Å²) in [7, 11) is 0. The lowest BCUT2D eigenvalue weighted by atomic mass is 9.43. The molecule has 7 heteroatoms. The Hall–Kier alpha value is -3.47. The van der Waals surface area contributed by atoms with Gasteiger partial charge in [0.15, 0.2) is 5.78 Å². The third-order valence-corrected chi connectivity index (χ3v) is 9.01. The minimum Gasteiger partial charge on any atom is -0.388 e. The molecule has 3 fully saturated rings. The summed E-state index contributed by atoms with van der Waals surface area (Å²) in [5, 5.41) is 14.5. The lowest BCUT2D eigenvalue weighted by molar-refractivity contribution is -0.132. The second-order valence-corrected chi connectivity index (χ2v) is 11.6. The number of benzene rings is 2. The number of hydrogen-bond donors (Lipinski definition) is 4. The predicted octanol–water partition coefficient (Wildman–Crippen LogP) is 3.74. The van der Waals surface area contributed by atoms with Crippen molar-refractivity contribution in [1.82, 2.24) is 5.32 Å². The van der Waals surface area contributed by atoms with Crippen molar-refractivity contribution in [3.05, 3.63) is 65.2 Å². The molecule has 0 saturated heterocycles. The number of aliphatic hydroxyl groups excluding tert-OH is 1. The molecule has 5 rings (SSSR count). The maximum Gasteiger partial charge on any atom is 0.251 e. The van der Waals surface area contributed by atoms with Gasteiger partial charge < -0.3 is 21.5 Å². The van der Waals surface area contributed by atoms with Crippen molar-refractivity contribution in [3.8, 4) is 11.8 Å². The maximum atomic E-state index is 12.6. The number of carbonyl (C=O) groups is 3. The normalized spacial score (nSPS) is 23.4. The zero-order valence-electron chi connectivity index (χ0n) is 23.0. The van der Waals surface area contributed by atoms with E-state index < -0.39 is 24.3 Å². The zero-order chi connectivity index (χ0) is 28.2. The van der Waals surface area contributed by atoms with Gasteiger partial charge in [-0.2, -0.15) is 0 Å². The molecule has 5 N–H and O–H groups in total. The van der Waals surface area contributed by atoms with E-state index in [2.05, 4.69) is 43.2 Å². The largest absolute Gasteiger partial charge is 0.388 e. The van der Waals surface area contributed by atoms with Crippen molar-refractivity contribution in [1.29, 1.82) is 0 Å². The first kappa shape index (κ1) is 28.5. The molecule has 0 unspecified atom stereocenters. The molecule has 0 heterocycles. The van der Waals surface area contributed by atoms with Gasteiger partial charge in [-0.05, 0) is 96.9 Å². The van der Waals surface area contributed by atoms with Crippen molar-refractivity contribution >= 4 is 23.3 Å². The van der Waals surface area contributed by atoms with Crippen LogP contribution in [0.15, 0.2) is 48.5 Å². The molecule has 206 valence electrons. The Balaban J connectivity index is 1.25. The Labute approximate surface area is 230 Å². The fraction of sp³-hybridized carbons (Fsp3) is 0.469. The number of carbonyl (C=O) groups excluding carboxylic acids is 3. The monoisotopic (exact) mass is 529 g/mol. The van der Waals surface area contributed by atoms with Gasteiger partial charge in [0.05, 0.1) is 0 Å². The summed E-state index contributed by atoms with van der Waals surface area (Å²) in [6.45, 7) is 6.42. The van der Waals surface area contributed by atoms with Crippen LogP contribution in [0.2, 0.25) is 0 Å². The molecule has 2 aromatic carbocycles. The Morgan fingerprint density at radius 2 is 1.64 bits per heavy atom. The van der Waals surface area contributed by atoms with E-state index >= 15 is 0 Å². The van der Waals surface area contributed by atoms with E-state index in [0.29, 0.717) is 29.2 Å². The summed E-state index contributed by atoms with van der Waals surface area (Å²) in [6, 6.07) is 13.2. The standard InChI is InChI=1S/C32H39N3O4/c1-20-24(16-25-17-27(20)32(25,2)3)12-15-30(38)34-26-13-8-22(9-14-26)5-4-21-6-10-23(11-7-21)31(39)35-28(18-33)29(37)19-36/h6-11,13-14,20,24-25,27-28,36H,12,15-19,33H2,1-3H3,(H,34,38)(H,35,39)/t20-,24+,25+,27+,28+/m1/s1. The fourth-order valence-corrected chi connectivity index (χ4v) is 6.29. The van der Waals surface area contributed by atoms with Gasteiger partial charge in [-0.3, -0.25) is 14.4 Å². The number of nitrogens with one attached hydrogen (secondary N) is 2. The zero-order valence-corrected chi connectivity index (χ0v) is 23.0. The molecular formula is C32H39N3O4. The van der Waals surface area contributed by atoms with Crippen molar-refractivity contribution in [2.24, 2.45) is 34.8 Å². The number of nitrogens with two attached hydrogens (primary N) is 1. The van der Waals surface area contributed by atoms with Gasteiger partial charge >= 0.3 is 0 Å². The Bertz CT molecular complexity index is 1260. The van der Waals surface area contributed by atoms with Crippen molar-refractivity contribution < 1.29 is 19.5 Å². The van der Waals surface area contributed by atoms with Crippen LogP contribution in [0.25, 0.3) is 0 Å². The van der Waals surface area contributed by atoms with Gasteiger partial charge in [-0.15, -0.1) is 0 Å². The maximum absolute atomic E-state index is 12.6. The molecule has 0 aliphatic heterocycles. The molecule has 3 aliphatic carbocycles. The SMILES string of the molecule is C[C@@H]1[C@@H](CCC(=O)Nc2ccc(C#Cc3ccc(C(=O)N[C@@H](CN)C(=O)CO)cc3)cc2)C[C@H]2C[C@@H]1C2(C)C. The number of fused-ring (bicyclic) bond motifs is 2. The summed E-state index contributed by atoms with van der Waals surface area (Å²) in [5.41, 5.74) is 8.63. The van der Waals surface area contributed by atoms with Crippen LogP contribution < -0.4 is 16.4 Å². The summed E-state index contributed by atoms with van der Waals surface area (Å²) in [6.07, 6.45) is 4.12. The number of amides is 2. The Kier molecular flexibility index (Phi) is 8.89.